The number of rotatable bonds is 10. The van der Waals surface area contributed by atoms with Crippen molar-refractivity contribution in [1.29, 1.82) is 0 Å². The summed E-state index contributed by atoms with van der Waals surface area (Å²) in [6.45, 7) is 8.54. The molecule has 1 aromatic rings. The van der Waals surface area contributed by atoms with E-state index < -0.39 is 0 Å². The predicted octanol–water partition coefficient (Wildman–Crippen LogP) is 1.95. The van der Waals surface area contributed by atoms with E-state index in [1.807, 2.05) is 0 Å². The minimum absolute atomic E-state index is 0.311. The van der Waals surface area contributed by atoms with Crippen molar-refractivity contribution in [3.8, 4) is 6.01 Å². The third-order valence-electron chi connectivity index (χ3n) is 3.23. The van der Waals surface area contributed by atoms with Gasteiger partial charge in [0.05, 0.1) is 13.7 Å². The number of nitrogens with one attached hydrogen (secondary N) is 1. The Morgan fingerprint density at radius 1 is 1.19 bits per heavy atom. The lowest BCUT2D eigenvalue weighted by molar-refractivity contribution is 0.202. The second kappa shape index (κ2) is 9.33. The van der Waals surface area contributed by atoms with Crippen LogP contribution in [0, 0.1) is 0 Å². The molecule has 0 saturated heterocycles. The maximum atomic E-state index is 5.18. The van der Waals surface area contributed by atoms with E-state index in [1.54, 1.807) is 14.2 Å². The summed E-state index contributed by atoms with van der Waals surface area (Å²) >= 11 is 0. The van der Waals surface area contributed by atoms with Crippen molar-refractivity contribution >= 4 is 11.9 Å². The zero-order valence-corrected chi connectivity index (χ0v) is 13.7. The zero-order valence-electron chi connectivity index (χ0n) is 13.7. The van der Waals surface area contributed by atoms with Crippen LogP contribution in [0.4, 0.5) is 11.9 Å². The molecule has 120 valence electrons. The van der Waals surface area contributed by atoms with Crippen LogP contribution in [0.25, 0.3) is 0 Å². The van der Waals surface area contributed by atoms with Crippen LogP contribution in [-0.4, -0.2) is 54.9 Å². The lowest BCUT2D eigenvalue weighted by atomic mass is 10.2. The highest BCUT2D eigenvalue weighted by atomic mass is 16.5. The molecule has 0 saturated carbocycles. The topological polar surface area (TPSA) is 72.4 Å². The summed E-state index contributed by atoms with van der Waals surface area (Å²) in [6, 6.07) is 0.635. The van der Waals surface area contributed by atoms with Gasteiger partial charge in [0.15, 0.2) is 0 Å². The zero-order chi connectivity index (χ0) is 15.7. The number of hydrogen-bond acceptors (Lipinski definition) is 7. The fraction of sp³-hybridized carbons (Fsp3) is 0.786. The van der Waals surface area contributed by atoms with Crippen LogP contribution < -0.4 is 15.0 Å². The Bertz CT molecular complexity index is 416. The predicted molar refractivity (Wildman–Crippen MR) is 84.1 cm³/mol. The van der Waals surface area contributed by atoms with Crippen LogP contribution in [0.15, 0.2) is 0 Å². The number of anilines is 2. The molecule has 0 aliphatic rings. The lowest BCUT2D eigenvalue weighted by Crippen LogP contribution is -2.37. The molecule has 21 heavy (non-hydrogen) atoms. The molecule has 0 fully saturated rings. The largest absolute Gasteiger partial charge is 0.467 e. The summed E-state index contributed by atoms with van der Waals surface area (Å²) in [4.78, 5) is 15.2. The molecule has 1 rings (SSSR count). The fourth-order valence-electron chi connectivity index (χ4n) is 1.81. The van der Waals surface area contributed by atoms with Crippen molar-refractivity contribution in [2.75, 3.05) is 44.1 Å². The molecule has 7 nitrogen and oxygen atoms in total. The van der Waals surface area contributed by atoms with Crippen molar-refractivity contribution in [2.45, 2.75) is 39.7 Å². The Balaban J connectivity index is 3.03. The number of ether oxygens (including phenoxy) is 2. The standard InChI is InChI=1S/C14H27N5O2/c1-6-8-15-12-16-13(18-14(17-12)21-5)19(9-10-20-4)11(3)7-2/h11H,6-10H2,1-5H3,(H,15,16,17,18). The highest BCUT2D eigenvalue weighted by molar-refractivity contribution is 5.39. The molecule has 0 spiro atoms. The maximum absolute atomic E-state index is 5.18. The molecule has 0 radical (unpaired) electrons. The van der Waals surface area contributed by atoms with Gasteiger partial charge in [0.2, 0.25) is 11.9 Å². The van der Waals surface area contributed by atoms with Crippen LogP contribution in [0.2, 0.25) is 0 Å². The maximum Gasteiger partial charge on any atom is 0.322 e. The van der Waals surface area contributed by atoms with Gasteiger partial charge in [-0.25, -0.2) is 0 Å². The Morgan fingerprint density at radius 3 is 2.52 bits per heavy atom. The van der Waals surface area contributed by atoms with Crippen molar-refractivity contribution in [2.24, 2.45) is 0 Å². The molecule has 1 N–H and O–H groups in total. The molecular formula is C14H27N5O2. The van der Waals surface area contributed by atoms with Gasteiger partial charge in [-0.2, -0.15) is 15.0 Å². The van der Waals surface area contributed by atoms with Crippen LogP contribution >= 0.6 is 0 Å². The van der Waals surface area contributed by atoms with Gasteiger partial charge in [0.1, 0.15) is 0 Å². The molecule has 1 heterocycles. The molecule has 7 heteroatoms. The first-order chi connectivity index (χ1) is 10.2. The van der Waals surface area contributed by atoms with Crippen LogP contribution in [0.1, 0.15) is 33.6 Å². The van der Waals surface area contributed by atoms with E-state index in [2.05, 4.69) is 45.9 Å². The molecule has 1 aromatic heterocycles. The van der Waals surface area contributed by atoms with Crippen LogP contribution in [0.5, 0.6) is 6.01 Å². The first kappa shape index (κ1) is 17.4. The quantitative estimate of drug-likeness (QED) is 0.707. The second-order valence-electron chi connectivity index (χ2n) is 4.82. The van der Waals surface area contributed by atoms with E-state index in [1.165, 1.54) is 0 Å². The van der Waals surface area contributed by atoms with Gasteiger partial charge in [0, 0.05) is 26.2 Å². The molecule has 0 amide bonds. The number of nitrogens with zero attached hydrogens (tertiary/aromatic N) is 4. The van der Waals surface area contributed by atoms with Gasteiger partial charge < -0.3 is 19.7 Å². The third kappa shape index (κ3) is 5.34. The molecule has 0 bridgehead atoms. The average Bonchev–Trinajstić information content (AvgIpc) is 2.52. The molecule has 0 aliphatic heterocycles. The van der Waals surface area contributed by atoms with E-state index in [0.29, 0.717) is 30.6 Å². The SMILES string of the molecule is CCCNc1nc(OC)nc(N(CCOC)C(C)CC)n1. The normalized spacial score (nSPS) is 12.0. The van der Waals surface area contributed by atoms with Crippen molar-refractivity contribution in [1.82, 2.24) is 15.0 Å². The van der Waals surface area contributed by atoms with Crippen molar-refractivity contribution < 1.29 is 9.47 Å². The van der Waals surface area contributed by atoms with E-state index in [4.69, 9.17) is 9.47 Å². The lowest BCUT2D eigenvalue weighted by Gasteiger charge is -2.28. The van der Waals surface area contributed by atoms with Gasteiger partial charge >= 0.3 is 6.01 Å². The summed E-state index contributed by atoms with van der Waals surface area (Å²) in [6.07, 6.45) is 2.00. The van der Waals surface area contributed by atoms with Crippen LogP contribution in [-0.2, 0) is 4.74 Å². The van der Waals surface area contributed by atoms with Gasteiger partial charge in [-0.05, 0) is 19.8 Å². The number of hydrogen-bond donors (Lipinski definition) is 1. The molecule has 0 aliphatic carbocycles. The summed E-state index contributed by atoms with van der Waals surface area (Å²) in [5.41, 5.74) is 0. The Morgan fingerprint density at radius 2 is 1.95 bits per heavy atom. The molecule has 1 atom stereocenters. The Labute approximate surface area is 127 Å². The Kier molecular flexibility index (Phi) is 7.74. The highest BCUT2D eigenvalue weighted by Crippen LogP contribution is 2.18. The summed E-state index contributed by atoms with van der Waals surface area (Å²) in [5, 5.41) is 3.18. The minimum atomic E-state index is 0.311. The van der Waals surface area contributed by atoms with E-state index >= 15 is 0 Å². The van der Waals surface area contributed by atoms with E-state index in [9.17, 15) is 0 Å². The Hall–Kier alpha value is -1.63. The van der Waals surface area contributed by atoms with Gasteiger partial charge in [-0.1, -0.05) is 13.8 Å². The molecular weight excluding hydrogens is 270 g/mol. The number of methoxy groups -OCH3 is 2. The van der Waals surface area contributed by atoms with Gasteiger partial charge in [0.25, 0.3) is 0 Å². The van der Waals surface area contributed by atoms with Gasteiger partial charge in [-0.15, -0.1) is 0 Å². The first-order valence-electron chi connectivity index (χ1n) is 7.45. The van der Waals surface area contributed by atoms with E-state index in [0.717, 1.165) is 25.9 Å². The minimum Gasteiger partial charge on any atom is -0.467 e. The monoisotopic (exact) mass is 297 g/mol. The first-order valence-corrected chi connectivity index (χ1v) is 7.45. The fourth-order valence-corrected chi connectivity index (χ4v) is 1.81. The number of aromatic nitrogens is 3. The highest BCUT2D eigenvalue weighted by Gasteiger charge is 2.18. The van der Waals surface area contributed by atoms with Crippen molar-refractivity contribution in [3.05, 3.63) is 0 Å². The van der Waals surface area contributed by atoms with Crippen LogP contribution in [0.3, 0.4) is 0 Å². The third-order valence-corrected chi connectivity index (χ3v) is 3.23. The average molecular weight is 297 g/mol. The smallest absolute Gasteiger partial charge is 0.322 e. The van der Waals surface area contributed by atoms with Crippen molar-refractivity contribution in [3.63, 3.8) is 0 Å². The summed E-state index contributed by atoms with van der Waals surface area (Å²) < 4.78 is 10.4. The van der Waals surface area contributed by atoms with E-state index in [-0.39, 0.29) is 0 Å². The van der Waals surface area contributed by atoms with Gasteiger partial charge in [-0.3, -0.25) is 0 Å². The summed E-state index contributed by atoms with van der Waals surface area (Å²) in [5.74, 6) is 1.16. The summed E-state index contributed by atoms with van der Waals surface area (Å²) in [7, 11) is 3.25. The second-order valence-corrected chi connectivity index (χ2v) is 4.82. The molecule has 0 aromatic carbocycles. The molecule has 1 unspecified atom stereocenters.